The summed E-state index contributed by atoms with van der Waals surface area (Å²) in [5.41, 5.74) is 0.729. The summed E-state index contributed by atoms with van der Waals surface area (Å²) >= 11 is 0. The van der Waals surface area contributed by atoms with E-state index in [-0.39, 0.29) is 17.7 Å². The van der Waals surface area contributed by atoms with Gasteiger partial charge >= 0.3 is 6.09 Å². The zero-order valence-electron chi connectivity index (χ0n) is 15.7. The number of ether oxygens (including phenoxy) is 1. The lowest BCUT2D eigenvalue weighted by atomic mass is 9.75. The third-order valence-corrected chi connectivity index (χ3v) is 4.91. The largest absolute Gasteiger partial charge is 0.430 e. The minimum Gasteiger partial charge on any atom is -0.430 e. The Hall–Kier alpha value is -2.62. The van der Waals surface area contributed by atoms with Crippen LogP contribution in [0.4, 0.5) is 4.79 Å². The monoisotopic (exact) mass is 351 g/mol. The van der Waals surface area contributed by atoms with E-state index in [9.17, 15) is 9.59 Å². The van der Waals surface area contributed by atoms with Crippen molar-refractivity contribution in [1.82, 2.24) is 4.90 Å². The minimum atomic E-state index is -1.02. The van der Waals surface area contributed by atoms with Crippen LogP contribution in [0.3, 0.4) is 0 Å². The maximum Gasteiger partial charge on any atom is 0.418 e. The Morgan fingerprint density at radius 3 is 1.77 bits per heavy atom. The molecule has 3 rings (SSSR count). The van der Waals surface area contributed by atoms with E-state index in [0.717, 1.165) is 11.1 Å². The van der Waals surface area contributed by atoms with Crippen molar-refractivity contribution in [3.8, 4) is 0 Å². The van der Waals surface area contributed by atoms with Gasteiger partial charge in [0, 0.05) is 17.0 Å². The second kappa shape index (κ2) is 6.94. The van der Waals surface area contributed by atoms with Crippen molar-refractivity contribution in [1.29, 1.82) is 0 Å². The molecule has 1 atom stereocenters. The molecule has 0 bridgehead atoms. The lowest BCUT2D eigenvalue weighted by molar-refractivity contribution is -0.133. The van der Waals surface area contributed by atoms with Crippen molar-refractivity contribution in [2.24, 2.45) is 11.8 Å². The van der Waals surface area contributed by atoms with E-state index >= 15 is 0 Å². The van der Waals surface area contributed by atoms with Gasteiger partial charge in [0.25, 0.3) is 0 Å². The third kappa shape index (κ3) is 2.79. The summed E-state index contributed by atoms with van der Waals surface area (Å²) in [4.78, 5) is 27.1. The molecule has 0 N–H and O–H groups in total. The highest BCUT2D eigenvalue weighted by Crippen LogP contribution is 2.47. The number of cyclic esters (lactones) is 1. The van der Waals surface area contributed by atoms with Crippen molar-refractivity contribution >= 4 is 12.0 Å². The number of imide groups is 1. The smallest absolute Gasteiger partial charge is 0.418 e. The van der Waals surface area contributed by atoms with E-state index in [1.54, 1.807) is 13.8 Å². The number of benzene rings is 2. The van der Waals surface area contributed by atoms with Gasteiger partial charge in [0.2, 0.25) is 5.91 Å². The SMILES string of the molecule is CC(C)C(=O)N1C(=O)OC(c2ccccc2)(c2ccccc2)C1C(C)C. The molecule has 2 amide bonds. The maximum absolute atomic E-state index is 12.9. The normalized spacial score (nSPS) is 19.1. The Morgan fingerprint density at radius 2 is 1.38 bits per heavy atom. The van der Waals surface area contributed by atoms with Gasteiger partial charge in [0.05, 0.1) is 6.04 Å². The van der Waals surface area contributed by atoms with E-state index in [1.807, 2.05) is 74.5 Å². The van der Waals surface area contributed by atoms with Gasteiger partial charge in [-0.3, -0.25) is 4.79 Å². The molecule has 0 spiro atoms. The molecule has 1 aliphatic rings. The van der Waals surface area contributed by atoms with E-state index < -0.39 is 17.7 Å². The van der Waals surface area contributed by atoms with Crippen LogP contribution in [-0.4, -0.2) is 22.9 Å². The molecule has 1 aliphatic heterocycles. The van der Waals surface area contributed by atoms with Crippen molar-refractivity contribution in [2.75, 3.05) is 0 Å². The fourth-order valence-corrected chi connectivity index (χ4v) is 3.81. The van der Waals surface area contributed by atoms with E-state index in [0.29, 0.717) is 0 Å². The van der Waals surface area contributed by atoms with Gasteiger partial charge < -0.3 is 4.74 Å². The zero-order chi connectivity index (χ0) is 18.9. The minimum absolute atomic E-state index is 0.0181. The molecule has 1 saturated heterocycles. The molecule has 4 heteroatoms. The Kier molecular flexibility index (Phi) is 4.86. The van der Waals surface area contributed by atoms with Gasteiger partial charge in [-0.05, 0) is 5.92 Å². The summed E-state index contributed by atoms with van der Waals surface area (Å²) in [6, 6.07) is 19.0. The zero-order valence-corrected chi connectivity index (χ0v) is 15.7. The lowest BCUT2D eigenvalue weighted by Gasteiger charge is -2.37. The van der Waals surface area contributed by atoms with Crippen LogP contribution in [0.15, 0.2) is 60.7 Å². The average molecular weight is 351 g/mol. The third-order valence-electron chi connectivity index (χ3n) is 4.91. The highest BCUT2D eigenvalue weighted by molar-refractivity contribution is 5.95. The van der Waals surface area contributed by atoms with Crippen LogP contribution >= 0.6 is 0 Å². The van der Waals surface area contributed by atoms with Crippen LogP contribution in [0.2, 0.25) is 0 Å². The van der Waals surface area contributed by atoms with E-state index in [2.05, 4.69) is 0 Å². The van der Waals surface area contributed by atoms with Crippen LogP contribution in [0.5, 0.6) is 0 Å². The summed E-state index contributed by atoms with van der Waals surface area (Å²) < 4.78 is 6.05. The van der Waals surface area contributed by atoms with Crippen LogP contribution in [0.25, 0.3) is 0 Å². The summed E-state index contributed by atoms with van der Waals surface area (Å²) in [6.07, 6.45) is -0.574. The van der Waals surface area contributed by atoms with Crippen LogP contribution in [-0.2, 0) is 15.1 Å². The quantitative estimate of drug-likeness (QED) is 0.809. The molecular formula is C22H25NO3. The molecule has 1 heterocycles. The molecule has 1 fully saturated rings. The number of rotatable bonds is 4. The van der Waals surface area contributed by atoms with Crippen LogP contribution < -0.4 is 0 Å². The van der Waals surface area contributed by atoms with Crippen molar-refractivity contribution in [2.45, 2.75) is 39.3 Å². The summed E-state index contributed by atoms with van der Waals surface area (Å²) in [6.45, 7) is 7.65. The van der Waals surface area contributed by atoms with Gasteiger partial charge in [-0.1, -0.05) is 88.4 Å². The molecular weight excluding hydrogens is 326 g/mol. The number of nitrogens with zero attached hydrogens (tertiary/aromatic N) is 1. The predicted octanol–water partition coefficient (Wildman–Crippen LogP) is 4.59. The molecule has 2 aromatic rings. The maximum atomic E-state index is 12.9. The van der Waals surface area contributed by atoms with Gasteiger partial charge in [-0.15, -0.1) is 0 Å². The topological polar surface area (TPSA) is 46.6 Å². The van der Waals surface area contributed by atoms with E-state index in [4.69, 9.17) is 4.74 Å². The Labute approximate surface area is 154 Å². The fraction of sp³-hybridized carbons (Fsp3) is 0.364. The first kappa shape index (κ1) is 18.2. The van der Waals surface area contributed by atoms with Crippen LogP contribution in [0, 0.1) is 11.8 Å². The molecule has 0 saturated carbocycles. The number of carbonyl (C=O) groups is 2. The molecule has 4 nitrogen and oxygen atoms in total. The summed E-state index contributed by atoms with van der Waals surface area (Å²) in [7, 11) is 0. The number of hydrogen-bond donors (Lipinski definition) is 0. The Balaban J connectivity index is 2.27. The second-order valence-corrected chi connectivity index (χ2v) is 7.39. The van der Waals surface area contributed by atoms with Gasteiger partial charge in [-0.2, -0.15) is 0 Å². The molecule has 1 unspecified atom stereocenters. The highest BCUT2D eigenvalue weighted by atomic mass is 16.6. The first-order valence-corrected chi connectivity index (χ1v) is 9.06. The first-order chi connectivity index (χ1) is 12.4. The average Bonchev–Trinajstić information content (AvgIpc) is 2.96. The highest BCUT2D eigenvalue weighted by Gasteiger charge is 2.59. The van der Waals surface area contributed by atoms with Gasteiger partial charge in [0.1, 0.15) is 0 Å². The number of carbonyl (C=O) groups excluding carboxylic acids is 2. The fourth-order valence-electron chi connectivity index (χ4n) is 3.81. The Bertz CT molecular complexity index is 744. The number of amides is 2. The van der Waals surface area contributed by atoms with Crippen molar-refractivity contribution in [3.63, 3.8) is 0 Å². The molecule has 26 heavy (non-hydrogen) atoms. The summed E-state index contributed by atoms with van der Waals surface area (Å²) in [5, 5.41) is 0. The van der Waals surface area contributed by atoms with Crippen molar-refractivity contribution < 1.29 is 14.3 Å². The predicted molar refractivity (Wildman–Crippen MR) is 100 cm³/mol. The summed E-state index contributed by atoms with van der Waals surface area (Å²) in [5.74, 6) is -0.474. The lowest BCUT2D eigenvalue weighted by Crippen LogP contribution is -2.50. The molecule has 0 aliphatic carbocycles. The first-order valence-electron chi connectivity index (χ1n) is 9.06. The molecule has 2 aromatic carbocycles. The van der Waals surface area contributed by atoms with Gasteiger partial charge in [-0.25, -0.2) is 9.69 Å². The standard InChI is InChI=1S/C22H25NO3/c1-15(2)19-22(17-11-7-5-8-12-17,18-13-9-6-10-14-18)26-21(25)23(19)20(24)16(3)4/h5-16,19H,1-4H3. The van der Waals surface area contributed by atoms with Crippen LogP contribution in [0.1, 0.15) is 38.8 Å². The molecule has 0 aromatic heterocycles. The molecule has 0 radical (unpaired) electrons. The molecule has 136 valence electrons. The van der Waals surface area contributed by atoms with Gasteiger partial charge in [0.15, 0.2) is 5.60 Å². The van der Waals surface area contributed by atoms with Crippen molar-refractivity contribution in [3.05, 3.63) is 71.8 Å². The van der Waals surface area contributed by atoms with E-state index in [1.165, 1.54) is 4.90 Å². The second-order valence-electron chi connectivity index (χ2n) is 7.39. The Morgan fingerprint density at radius 1 is 0.923 bits per heavy atom. The number of hydrogen-bond acceptors (Lipinski definition) is 3.